The Bertz CT molecular complexity index is 352. The molecule has 17 heavy (non-hydrogen) atoms. The van der Waals surface area contributed by atoms with Crippen LogP contribution in [0.25, 0.3) is 0 Å². The van der Waals surface area contributed by atoms with E-state index < -0.39 is 0 Å². The van der Waals surface area contributed by atoms with Crippen LogP contribution in [0, 0.1) is 6.92 Å². The van der Waals surface area contributed by atoms with Crippen LogP contribution in [0.4, 0.5) is 0 Å². The molecule has 0 amide bonds. The molecule has 1 aliphatic carbocycles. The van der Waals surface area contributed by atoms with Gasteiger partial charge in [-0.05, 0) is 26.2 Å². The van der Waals surface area contributed by atoms with E-state index in [1.807, 2.05) is 6.92 Å². The highest BCUT2D eigenvalue weighted by Gasteiger charge is 2.24. The summed E-state index contributed by atoms with van der Waals surface area (Å²) in [6, 6.07) is 0.643. The molecule has 1 heterocycles. The van der Waals surface area contributed by atoms with Crippen molar-refractivity contribution in [2.24, 2.45) is 5.73 Å². The standard InChI is InChI=1S/C13H24N4/c1-3-4-9-12(14)13-16-15-10(2)17(13)11-7-5-6-8-11/h11-12H,3-9,14H2,1-2H3/t12-/m0/s1. The third-order valence-electron chi connectivity index (χ3n) is 3.78. The molecule has 2 N–H and O–H groups in total. The van der Waals surface area contributed by atoms with E-state index in [1.54, 1.807) is 0 Å². The lowest BCUT2D eigenvalue weighted by Gasteiger charge is -2.19. The molecule has 1 fully saturated rings. The summed E-state index contributed by atoms with van der Waals surface area (Å²) in [6.07, 6.45) is 8.53. The van der Waals surface area contributed by atoms with Gasteiger partial charge >= 0.3 is 0 Å². The van der Waals surface area contributed by atoms with Gasteiger partial charge in [-0.15, -0.1) is 10.2 Å². The average Bonchev–Trinajstić information content (AvgIpc) is 2.94. The first-order chi connectivity index (χ1) is 8.24. The molecule has 1 aliphatic rings. The smallest absolute Gasteiger partial charge is 0.150 e. The van der Waals surface area contributed by atoms with Crippen LogP contribution < -0.4 is 5.73 Å². The van der Waals surface area contributed by atoms with E-state index in [0.717, 1.165) is 24.5 Å². The summed E-state index contributed by atoms with van der Waals surface area (Å²) in [7, 11) is 0. The fraction of sp³-hybridized carbons (Fsp3) is 0.846. The molecule has 2 rings (SSSR count). The maximum Gasteiger partial charge on any atom is 0.150 e. The summed E-state index contributed by atoms with van der Waals surface area (Å²) in [6.45, 7) is 4.24. The fourth-order valence-corrected chi connectivity index (χ4v) is 2.81. The predicted molar refractivity (Wildman–Crippen MR) is 68.7 cm³/mol. The molecule has 1 aromatic rings. The predicted octanol–water partition coefficient (Wildman–Crippen LogP) is 2.89. The lowest BCUT2D eigenvalue weighted by Crippen LogP contribution is -2.19. The summed E-state index contributed by atoms with van der Waals surface area (Å²) in [5, 5.41) is 8.52. The fourth-order valence-electron chi connectivity index (χ4n) is 2.81. The zero-order valence-corrected chi connectivity index (χ0v) is 11.0. The number of unbranched alkanes of at least 4 members (excludes halogenated alkanes) is 1. The van der Waals surface area contributed by atoms with Crippen molar-refractivity contribution in [1.29, 1.82) is 0 Å². The van der Waals surface area contributed by atoms with Gasteiger partial charge in [0.25, 0.3) is 0 Å². The first kappa shape index (κ1) is 12.6. The van der Waals surface area contributed by atoms with Gasteiger partial charge in [0.2, 0.25) is 0 Å². The van der Waals surface area contributed by atoms with E-state index in [1.165, 1.54) is 32.1 Å². The van der Waals surface area contributed by atoms with E-state index in [2.05, 4.69) is 21.7 Å². The number of nitrogens with two attached hydrogens (primary N) is 1. The quantitative estimate of drug-likeness (QED) is 0.855. The van der Waals surface area contributed by atoms with Gasteiger partial charge in [-0.2, -0.15) is 0 Å². The number of hydrogen-bond donors (Lipinski definition) is 1. The molecule has 1 aromatic heterocycles. The molecule has 4 nitrogen and oxygen atoms in total. The Labute approximate surface area is 104 Å². The molecule has 0 saturated heterocycles. The summed E-state index contributed by atoms with van der Waals surface area (Å²) in [5.41, 5.74) is 6.24. The Morgan fingerprint density at radius 3 is 2.71 bits per heavy atom. The van der Waals surface area contributed by atoms with Crippen LogP contribution in [0.5, 0.6) is 0 Å². The third-order valence-corrected chi connectivity index (χ3v) is 3.78. The van der Waals surface area contributed by atoms with Crippen molar-refractivity contribution in [1.82, 2.24) is 14.8 Å². The molecule has 0 aromatic carbocycles. The van der Waals surface area contributed by atoms with Crippen LogP contribution in [0.2, 0.25) is 0 Å². The number of aryl methyl sites for hydroxylation is 1. The monoisotopic (exact) mass is 236 g/mol. The van der Waals surface area contributed by atoms with Gasteiger partial charge in [0, 0.05) is 6.04 Å². The number of rotatable bonds is 5. The van der Waals surface area contributed by atoms with Gasteiger partial charge in [0.05, 0.1) is 6.04 Å². The second-order valence-electron chi connectivity index (χ2n) is 5.16. The largest absolute Gasteiger partial charge is 0.321 e. The van der Waals surface area contributed by atoms with Crippen LogP contribution in [0.1, 0.15) is 75.6 Å². The minimum atomic E-state index is 0.0525. The first-order valence-electron chi connectivity index (χ1n) is 6.91. The van der Waals surface area contributed by atoms with Gasteiger partial charge < -0.3 is 10.3 Å². The van der Waals surface area contributed by atoms with E-state index in [-0.39, 0.29) is 6.04 Å². The van der Waals surface area contributed by atoms with Gasteiger partial charge in [-0.3, -0.25) is 0 Å². The van der Waals surface area contributed by atoms with Crippen molar-refractivity contribution < 1.29 is 0 Å². The van der Waals surface area contributed by atoms with Crippen LogP contribution >= 0.6 is 0 Å². The van der Waals surface area contributed by atoms with E-state index in [9.17, 15) is 0 Å². The minimum Gasteiger partial charge on any atom is -0.321 e. The van der Waals surface area contributed by atoms with Crippen LogP contribution in [-0.2, 0) is 0 Å². The van der Waals surface area contributed by atoms with Gasteiger partial charge in [-0.25, -0.2) is 0 Å². The Hall–Kier alpha value is -0.900. The molecule has 4 heteroatoms. The zero-order valence-electron chi connectivity index (χ0n) is 11.0. The van der Waals surface area contributed by atoms with Crippen molar-refractivity contribution in [3.05, 3.63) is 11.6 Å². The maximum absolute atomic E-state index is 6.24. The van der Waals surface area contributed by atoms with E-state index in [0.29, 0.717) is 6.04 Å². The van der Waals surface area contributed by atoms with Crippen molar-refractivity contribution in [3.63, 3.8) is 0 Å². The summed E-state index contributed by atoms with van der Waals surface area (Å²) >= 11 is 0. The summed E-state index contributed by atoms with van der Waals surface area (Å²) in [4.78, 5) is 0. The summed E-state index contributed by atoms with van der Waals surface area (Å²) < 4.78 is 2.30. The molecular weight excluding hydrogens is 212 g/mol. The molecule has 1 atom stereocenters. The topological polar surface area (TPSA) is 56.7 Å². The molecule has 0 spiro atoms. The minimum absolute atomic E-state index is 0.0525. The highest BCUT2D eigenvalue weighted by atomic mass is 15.3. The van der Waals surface area contributed by atoms with Crippen molar-refractivity contribution >= 4 is 0 Å². The molecule has 0 aliphatic heterocycles. The molecular formula is C13H24N4. The van der Waals surface area contributed by atoms with Crippen LogP contribution in [-0.4, -0.2) is 14.8 Å². The number of aromatic nitrogens is 3. The highest BCUT2D eigenvalue weighted by Crippen LogP contribution is 2.32. The molecule has 0 unspecified atom stereocenters. The third kappa shape index (κ3) is 2.68. The summed E-state index contributed by atoms with van der Waals surface area (Å²) in [5.74, 6) is 2.03. The van der Waals surface area contributed by atoms with Gasteiger partial charge in [-0.1, -0.05) is 32.6 Å². The van der Waals surface area contributed by atoms with Gasteiger partial charge in [0.15, 0.2) is 0 Å². The first-order valence-corrected chi connectivity index (χ1v) is 6.91. The second kappa shape index (κ2) is 5.63. The zero-order chi connectivity index (χ0) is 12.3. The van der Waals surface area contributed by atoms with E-state index in [4.69, 9.17) is 5.73 Å². The second-order valence-corrected chi connectivity index (χ2v) is 5.16. The average molecular weight is 236 g/mol. The van der Waals surface area contributed by atoms with Crippen LogP contribution in [0.15, 0.2) is 0 Å². The lowest BCUT2D eigenvalue weighted by atomic mass is 10.1. The Kier molecular flexibility index (Phi) is 4.15. The van der Waals surface area contributed by atoms with E-state index >= 15 is 0 Å². The molecule has 0 radical (unpaired) electrons. The van der Waals surface area contributed by atoms with Crippen LogP contribution in [0.3, 0.4) is 0 Å². The molecule has 0 bridgehead atoms. The Morgan fingerprint density at radius 2 is 2.06 bits per heavy atom. The van der Waals surface area contributed by atoms with Crippen molar-refractivity contribution in [3.8, 4) is 0 Å². The molecule has 1 saturated carbocycles. The number of nitrogens with zero attached hydrogens (tertiary/aromatic N) is 3. The van der Waals surface area contributed by atoms with Crippen molar-refractivity contribution in [2.45, 2.75) is 70.9 Å². The SMILES string of the molecule is CCCC[C@H](N)c1nnc(C)n1C1CCCC1. The molecule has 96 valence electrons. The number of hydrogen-bond acceptors (Lipinski definition) is 3. The Balaban J connectivity index is 2.16. The van der Waals surface area contributed by atoms with Gasteiger partial charge in [0.1, 0.15) is 11.6 Å². The normalized spacial score (nSPS) is 18.8. The Morgan fingerprint density at radius 1 is 1.35 bits per heavy atom. The van der Waals surface area contributed by atoms with Crippen molar-refractivity contribution in [2.75, 3.05) is 0 Å². The maximum atomic E-state index is 6.24. The lowest BCUT2D eigenvalue weighted by molar-refractivity contribution is 0.454. The highest BCUT2D eigenvalue weighted by molar-refractivity contribution is 5.02.